The van der Waals surface area contributed by atoms with Crippen molar-refractivity contribution in [2.45, 2.75) is 130 Å². The fraction of sp³-hybridized carbons (Fsp3) is 0.625. The van der Waals surface area contributed by atoms with Crippen LogP contribution >= 0.6 is 0 Å². The molecule has 2 aromatic rings. The minimum Gasteiger partial charge on any atom is -0.480 e. The van der Waals surface area contributed by atoms with E-state index in [9.17, 15) is 14.7 Å². The molecule has 5 aliphatic carbocycles. The van der Waals surface area contributed by atoms with Gasteiger partial charge in [-0.3, -0.25) is 0 Å². The van der Waals surface area contributed by atoms with Gasteiger partial charge in [0, 0.05) is 5.92 Å². The Morgan fingerprint density at radius 1 is 0.907 bits per heavy atom. The molecular weight excluding hydrogens is 671 g/mol. The number of benzene rings is 2. The molecule has 0 aliphatic heterocycles. The number of carboxylic acid groups (broad SMARTS) is 1. The second-order valence-electron chi connectivity index (χ2n) is 18.6. The number of carbonyl (C=O) groups is 2. The molecule has 292 valence electrons. The fourth-order valence-corrected chi connectivity index (χ4v) is 12.3. The molecule has 3 fully saturated rings. The van der Waals surface area contributed by atoms with Gasteiger partial charge in [-0.2, -0.15) is 0 Å². The van der Waals surface area contributed by atoms with Crippen molar-refractivity contribution in [2.24, 2.45) is 46.3 Å². The zero-order valence-corrected chi connectivity index (χ0v) is 33.5. The molecule has 6 nitrogen and oxygen atoms in total. The number of nitrogens with one attached hydrogen (secondary N) is 1. The molecule has 3 saturated carbocycles. The van der Waals surface area contributed by atoms with Gasteiger partial charge in [-0.05, 0) is 126 Å². The van der Waals surface area contributed by atoms with E-state index in [2.05, 4.69) is 70.3 Å². The van der Waals surface area contributed by atoms with Crippen molar-refractivity contribution >= 4 is 12.1 Å². The zero-order chi connectivity index (χ0) is 38.0. The molecule has 0 spiro atoms. The molecule has 5 aliphatic rings. The Balaban J connectivity index is 0.870. The summed E-state index contributed by atoms with van der Waals surface area (Å²) < 4.78 is 12.0. The largest absolute Gasteiger partial charge is 0.480 e. The monoisotopic (exact) mass is 735 g/mol. The van der Waals surface area contributed by atoms with Gasteiger partial charge in [0.15, 0.2) is 0 Å². The van der Waals surface area contributed by atoms with Crippen molar-refractivity contribution in [3.63, 3.8) is 0 Å². The number of carbonyl (C=O) groups excluding carboxylic acids is 1. The van der Waals surface area contributed by atoms with Crippen molar-refractivity contribution in [1.82, 2.24) is 5.32 Å². The minimum absolute atomic E-state index is 0.0801. The SMILES string of the molecule is CC(C)CCC[C@@H](C)C1CC[C@H]2[C@@H]3CC=C4CC(OC/C=C/C[C@H](NC(=O)OCC5c6ccccc6-c6ccccc65)C(=O)O)CC[C@]4(C)[C@H]3CC[C@]12C. The van der Waals surface area contributed by atoms with Crippen LogP contribution in [0.2, 0.25) is 0 Å². The van der Waals surface area contributed by atoms with Gasteiger partial charge in [0.05, 0.1) is 12.7 Å². The summed E-state index contributed by atoms with van der Waals surface area (Å²) in [4.78, 5) is 24.8. The van der Waals surface area contributed by atoms with Crippen molar-refractivity contribution in [3.05, 3.63) is 83.5 Å². The lowest BCUT2D eigenvalue weighted by Gasteiger charge is -2.58. The summed E-state index contributed by atoms with van der Waals surface area (Å²) in [6.45, 7) is 13.1. The molecule has 2 aromatic carbocycles. The minimum atomic E-state index is -1.09. The molecule has 9 atom stereocenters. The van der Waals surface area contributed by atoms with Gasteiger partial charge in [-0.1, -0.05) is 126 Å². The number of allylic oxidation sites excluding steroid dienone is 1. The molecule has 54 heavy (non-hydrogen) atoms. The van der Waals surface area contributed by atoms with Crippen LogP contribution in [-0.2, 0) is 14.3 Å². The number of fused-ring (bicyclic) bond motifs is 8. The molecule has 0 aromatic heterocycles. The second kappa shape index (κ2) is 16.4. The molecule has 0 radical (unpaired) electrons. The maximum Gasteiger partial charge on any atom is 0.407 e. The van der Waals surface area contributed by atoms with Crippen LogP contribution < -0.4 is 5.32 Å². The normalized spacial score (nSPS) is 31.1. The number of ether oxygens (including phenoxy) is 2. The number of alkyl carbamates (subject to hydrolysis) is 1. The lowest BCUT2D eigenvalue weighted by atomic mass is 9.47. The highest BCUT2D eigenvalue weighted by molar-refractivity contribution is 5.81. The average Bonchev–Trinajstić information content (AvgIpc) is 3.68. The van der Waals surface area contributed by atoms with E-state index in [0.29, 0.717) is 17.4 Å². The summed E-state index contributed by atoms with van der Waals surface area (Å²) in [6.07, 6.45) is 20.3. The molecule has 0 bridgehead atoms. The number of hydrogen-bond acceptors (Lipinski definition) is 4. The first-order chi connectivity index (χ1) is 26.0. The fourth-order valence-electron chi connectivity index (χ4n) is 12.3. The maximum absolute atomic E-state index is 12.8. The summed E-state index contributed by atoms with van der Waals surface area (Å²) in [6, 6.07) is 15.2. The van der Waals surface area contributed by atoms with Gasteiger partial charge in [0.1, 0.15) is 12.6 Å². The topological polar surface area (TPSA) is 84.9 Å². The molecule has 6 heteroatoms. The van der Waals surface area contributed by atoms with Gasteiger partial charge >= 0.3 is 12.1 Å². The smallest absolute Gasteiger partial charge is 0.407 e. The number of aliphatic carboxylic acids is 1. The molecule has 2 unspecified atom stereocenters. The van der Waals surface area contributed by atoms with E-state index in [0.717, 1.165) is 70.6 Å². The third-order valence-electron chi connectivity index (χ3n) is 15.2. The van der Waals surface area contributed by atoms with E-state index in [1.54, 1.807) is 11.6 Å². The van der Waals surface area contributed by atoms with Crippen LogP contribution in [0.5, 0.6) is 0 Å². The second-order valence-corrected chi connectivity index (χ2v) is 18.6. The first-order valence-corrected chi connectivity index (χ1v) is 21.3. The molecular formula is C48H65NO5. The van der Waals surface area contributed by atoms with Gasteiger partial charge in [0.25, 0.3) is 0 Å². The van der Waals surface area contributed by atoms with Crippen LogP contribution in [0.25, 0.3) is 11.1 Å². The van der Waals surface area contributed by atoms with Crippen molar-refractivity contribution in [3.8, 4) is 11.1 Å². The van der Waals surface area contributed by atoms with Crippen molar-refractivity contribution < 1.29 is 24.2 Å². The quantitative estimate of drug-likeness (QED) is 0.189. The Kier molecular flexibility index (Phi) is 11.8. The van der Waals surface area contributed by atoms with Crippen LogP contribution in [0.3, 0.4) is 0 Å². The molecule has 7 rings (SSSR count). The van der Waals surface area contributed by atoms with Gasteiger partial charge in [0.2, 0.25) is 0 Å². The summed E-state index contributed by atoms with van der Waals surface area (Å²) in [5.41, 5.74) is 6.96. The highest BCUT2D eigenvalue weighted by atomic mass is 16.5. The van der Waals surface area contributed by atoms with Crippen LogP contribution in [0, 0.1) is 46.3 Å². The Morgan fingerprint density at radius 3 is 2.33 bits per heavy atom. The molecule has 1 amide bonds. The number of rotatable bonds is 14. The maximum atomic E-state index is 12.8. The third kappa shape index (κ3) is 7.71. The number of carboxylic acids is 1. The zero-order valence-electron chi connectivity index (χ0n) is 33.5. The first kappa shape index (κ1) is 38.9. The van der Waals surface area contributed by atoms with Crippen molar-refractivity contribution in [2.75, 3.05) is 13.2 Å². The van der Waals surface area contributed by atoms with E-state index >= 15 is 0 Å². The Bertz CT molecular complexity index is 1670. The highest BCUT2D eigenvalue weighted by Gasteiger charge is 2.59. The molecule has 0 saturated heterocycles. The van der Waals surface area contributed by atoms with Crippen LogP contribution in [0.15, 0.2) is 72.3 Å². The number of amides is 1. The summed E-state index contributed by atoms with van der Waals surface area (Å²) in [5.74, 6) is 3.87. The molecule has 0 heterocycles. The molecule has 2 N–H and O–H groups in total. The summed E-state index contributed by atoms with van der Waals surface area (Å²) in [7, 11) is 0. The van der Waals surface area contributed by atoms with Gasteiger partial charge in [-0.25, -0.2) is 9.59 Å². The Hall–Kier alpha value is -3.38. The van der Waals surface area contributed by atoms with Crippen LogP contribution in [0.4, 0.5) is 4.79 Å². The predicted molar refractivity (Wildman–Crippen MR) is 216 cm³/mol. The van der Waals surface area contributed by atoms with E-state index in [4.69, 9.17) is 9.47 Å². The standard InChI is InChI=1S/C48H65NO5/c1-31(2)13-12-14-32(3)41-22-23-42-39-21-20-33-29-34(24-26-47(33,4)43(39)25-27-48(41,42)5)53-28-11-10-19-44(45(50)51)49-46(52)54-30-40-37-17-8-6-15-35(37)36-16-7-9-18-38(36)40/h6-11,15-18,20,31-32,34,39-44H,12-14,19,21-30H2,1-5H3,(H,49,52)(H,50,51)/b11-10+/t32-,34?,39+,41?,42+,43+,44+,47+,48-/m1/s1. The van der Waals surface area contributed by atoms with Gasteiger partial charge < -0.3 is 19.9 Å². The lowest BCUT2D eigenvalue weighted by Crippen LogP contribution is -2.51. The van der Waals surface area contributed by atoms with E-state index in [1.165, 1.54) is 57.8 Å². The summed E-state index contributed by atoms with van der Waals surface area (Å²) >= 11 is 0. The van der Waals surface area contributed by atoms with Gasteiger partial charge in [-0.15, -0.1) is 0 Å². The highest BCUT2D eigenvalue weighted by Crippen LogP contribution is 2.67. The van der Waals surface area contributed by atoms with E-state index in [-0.39, 0.29) is 25.0 Å². The van der Waals surface area contributed by atoms with Crippen LogP contribution in [-0.4, -0.2) is 42.5 Å². The first-order valence-electron chi connectivity index (χ1n) is 21.3. The Morgan fingerprint density at radius 2 is 1.63 bits per heavy atom. The Labute approximate surface area is 324 Å². The number of hydrogen-bond donors (Lipinski definition) is 2. The van der Waals surface area contributed by atoms with Crippen molar-refractivity contribution in [1.29, 1.82) is 0 Å². The lowest BCUT2D eigenvalue weighted by molar-refractivity contribution is -0.139. The predicted octanol–water partition coefficient (Wildman–Crippen LogP) is 11.4. The van der Waals surface area contributed by atoms with Crippen LogP contribution in [0.1, 0.15) is 129 Å². The average molecular weight is 736 g/mol. The summed E-state index contributed by atoms with van der Waals surface area (Å²) in [5, 5.41) is 12.4. The third-order valence-corrected chi connectivity index (χ3v) is 15.2. The van der Waals surface area contributed by atoms with E-state index in [1.807, 2.05) is 30.3 Å². The van der Waals surface area contributed by atoms with E-state index < -0.39 is 18.1 Å².